The van der Waals surface area contributed by atoms with Gasteiger partial charge in [-0.15, -0.1) is 0 Å². The van der Waals surface area contributed by atoms with Gasteiger partial charge in [0.2, 0.25) is 0 Å². The SMILES string of the molecule is CCC1(COCc2ccccc2)CCOC1=O. The largest absolute Gasteiger partial charge is 0.465 e. The maximum Gasteiger partial charge on any atom is 0.314 e. The summed E-state index contributed by atoms with van der Waals surface area (Å²) in [6.45, 7) is 3.55. The number of hydrogen-bond acceptors (Lipinski definition) is 3. The summed E-state index contributed by atoms with van der Waals surface area (Å²) < 4.78 is 10.7. The Morgan fingerprint density at radius 1 is 1.35 bits per heavy atom. The molecule has 92 valence electrons. The molecule has 0 aromatic heterocycles. The van der Waals surface area contributed by atoms with Gasteiger partial charge >= 0.3 is 5.97 Å². The summed E-state index contributed by atoms with van der Waals surface area (Å²) in [6, 6.07) is 9.98. The van der Waals surface area contributed by atoms with Crippen LogP contribution in [0.5, 0.6) is 0 Å². The van der Waals surface area contributed by atoms with E-state index in [1.54, 1.807) is 0 Å². The van der Waals surface area contributed by atoms with Gasteiger partial charge in [-0.25, -0.2) is 0 Å². The van der Waals surface area contributed by atoms with Crippen molar-refractivity contribution in [2.45, 2.75) is 26.4 Å². The quantitative estimate of drug-likeness (QED) is 0.734. The van der Waals surface area contributed by atoms with Crippen LogP contribution in [-0.4, -0.2) is 19.2 Å². The maximum absolute atomic E-state index is 11.7. The fourth-order valence-electron chi connectivity index (χ4n) is 2.09. The standard InChI is InChI=1S/C14H18O3/c1-2-14(8-9-17-13(14)15)11-16-10-12-6-4-3-5-7-12/h3-7H,2,8-11H2,1H3. The topological polar surface area (TPSA) is 35.5 Å². The Balaban J connectivity index is 1.87. The first-order valence-corrected chi connectivity index (χ1v) is 6.06. The lowest BCUT2D eigenvalue weighted by Gasteiger charge is -2.22. The van der Waals surface area contributed by atoms with Crippen LogP contribution < -0.4 is 0 Å². The second-order valence-electron chi connectivity index (χ2n) is 4.50. The number of esters is 1. The van der Waals surface area contributed by atoms with E-state index in [1.807, 2.05) is 37.3 Å². The van der Waals surface area contributed by atoms with Crippen LogP contribution in [0.15, 0.2) is 30.3 Å². The summed E-state index contributed by atoms with van der Waals surface area (Å²) in [5.41, 5.74) is 0.722. The molecule has 1 heterocycles. The van der Waals surface area contributed by atoms with Crippen molar-refractivity contribution in [1.82, 2.24) is 0 Å². The summed E-state index contributed by atoms with van der Waals surface area (Å²) in [5.74, 6) is -0.104. The molecule has 0 amide bonds. The van der Waals surface area contributed by atoms with Gasteiger partial charge in [-0.2, -0.15) is 0 Å². The lowest BCUT2D eigenvalue weighted by atomic mass is 9.85. The highest BCUT2D eigenvalue weighted by Gasteiger charge is 2.43. The van der Waals surface area contributed by atoms with Crippen LogP contribution in [0, 0.1) is 5.41 Å². The monoisotopic (exact) mass is 234 g/mol. The summed E-state index contributed by atoms with van der Waals surface area (Å²) in [6.07, 6.45) is 1.55. The molecule has 0 N–H and O–H groups in total. The summed E-state index contributed by atoms with van der Waals surface area (Å²) in [4.78, 5) is 11.7. The first-order chi connectivity index (χ1) is 8.27. The van der Waals surface area contributed by atoms with Gasteiger partial charge in [-0.3, -0.25) is 4.79 Å². The average Bonchev–Trinajstić information content (AvgIpc) is 2.73. The van der Waals surface area contributed by atoms with E-state index < -0.39 is 5.41 Å². The van der Waals surface area contributed by atoms with E-state index >= 15 is 0 Å². The molecule has 0 saturated carbocycles. The van der Waals surface area contributed by atoms with Crippen molar-refractivity contribution >= 4 is 5.97 Å². The van der Waals surface area contributed by atoms with E-state index in [2.05, 4.69) is 0 Å². The Labute approximate surface area is 102 Å². The van der Waals surface area contributed by atoms with Gasteiger partial charge in [-0.1, -0.05) is 37.3 Å². The van der Waals surface area contributed by atoms with Crippen molar-refractivity contribution in [3.63, 3.8) is 0 Å². The third-order valence-corrected chi connectivity index (χ3v) is 3.41. The van der Waals surface area contributed by atoms with Crippen molar-refractivity contribution < 1.29 is 14.3 Å². The molecule has 0 aliphatic carbocycles. The van der Waals surface area contributed by atoms with Crippen LogP contribution in [0.25, 0.3) is 0 Å². The third-order valence-electron chi connectivity index (χ3n) is 3.41. The molecule has 1 unspecified atom stereocenters. The lowest BCUT2D eigenvalue weighted by Crippen LogP contribution is -2.31. The van der Waals surface area contributed by atoms with E-state index in [4.69, 9.17) is 9.47 Å². The summed E-state index contributed by atoms with van der Waals surface area (Å²) >= 11 is 0. The number of ether oxygens (including phenoxy) is 2. The first kappa shape index (κ1) is 12.1. The Bertz CT molecular complexity index is 374. The molecule has 2 rings (SSSR count). The Kier molecular flexibility index (Phi) is 3.79. The molecular weight excluding hydrogens is 216 g/mol. The minimum atomic E-state index is -0.408. The van der Waals surface area contributed by atoms with Crippen molar-refractivity contribution in [3.05, 3.63) is 35.9 Å². The first-order valence-electron chi connectivity index (χ1n) is 6.06. The van der Waals surface area contributed by atoms with Gasteiger partial charge in [-0.05, 0) is 18.4 Å². The predicted molar refractivity (Wildman–Crippen MR) is 64.4 cm³/mol. The lowest BCUT2D eigenvalue weighted by molar-refractivity contribution is -0.149. The Morgan fingerprint density at radius 2 is 2.12 bits per heavy atom. The third kappa shape index (κ3) is 2.67. The fraction of sp³-hybridized carbons (Fsp3) is 0.500. The molecule has 1 aromatic carbocycles. The molecule has 0 radical (unpaired) electrons. The second kappa shape index (κ2) is 5.32. The molecule has 1 atom stereocenters. The average molecular weight is 234 g/mol. The zero-order chi connectivity index (χ0) is 12.1. The highest BCUT2D eigenvalue weighted by Crippen LogP contribution is 2.34. The van der Waals surface area contributed by atoms with Crippen LogP contribution in [-0.2, 0) is 20.9 Å². The van der Waals surface area contributed by atoms with E-state index in [-0.39, 0.29) is 5.97 Å². The molecule has 0 spiro atoms. The van der Waals surface area contributed by atoms with E-state index in [1.165, 1.54) is 0 Å². The van der Waals surface area contributed by atoms with Crippen LogP contribution in [0.3, 0.4) is 0 Å². The zero-order valence-corrected chi connectivity index (χ0v) is 10.1. The Morgan fingerprint density at radius 3 is 2.71 bits per heavy atom. The van der Waals surface area contributed by atoms with E-state index in [0.717, 1.165) is 18.4 Å². The van der Waals surface area contributed by atoms with Crippen LogP contribution >= 0.6 is 0 Å². The highest BCUT2D eigenvalue weighted by atomic mass is 16.5. The van der Waals surface area contributed by atoms with Gasteiger partial charge in [0.05, 0.1) is 25.2 Å². The minimum Gasteiger partial charge on any atom is -0.465 e. The van der Waals surface area contributed by atoms with Crippen molar-refractivity contribution in [2.24, 2.45) is 5.41 Å². The van der Waals surface area contributed by atoms with Gasteiger partial charge in [0.25, 0.3) is 0 Å². The summed E-state index contributed by atoms with van der Waals surface area (Å²) in [7, 11) is 0. The van der Waals surface area contributed by atoms with Crippen LogP contribution in [0.1, 0.15) is 25.3 Å². The van der Waals surface area contributed by atoms with E-state index in [9.17, 15) is 4.79 Å². The molecule has 3 heteroatoms. The molecule has 3 nitrogen and oxygen atoms in total. The number of rotatable bonds is 5. The summed E-state index contributed by atoms with van der Waals surface area (Å²) in [5, 5.41) is 0. The number of carbonyl (C=O) groups excluding carboxylic acids is 1. The molecule has 1 aliphatic rings. The molecule has 1 fully saturated rings. The molecule has 1 aromatic rings. The predicted octanol–water partition coefficient (Wildman–Crippen LogP) is 2.55. The number of hydrogen-bond donors (Lipinski definition) is 0. The molecule has 1 aliphatic heterocycles. The zero-order valence-electron chi connectivity index (χ0n) is 10.1. The second-order valence-corrected chi connectivity index (χ2v) is 4.50. The van der Waals surface area contributed by atoms with Crippen molar-refractivity contribution in [2.75, 3.05) is 13.2 Å². The maximum atomic E-state index is 11.7. The number of benzene rings is 1. The molecule has 1 saturated heterocycles. The molecule has 0 bridgehead atoms. The van der Waals surface area contributed by atoms with Crippen LogP contribution in [0.4, 0.5) is 0 Å². The van der Waals surface area contributed by atoms with E-state index in [0.29, 0.717) is 19.8 Å². The van der Waals surface area contributed by atoms with Crippen LogP contribution in [0.2, 0.25) is 0 Å². The van der Waals surface area contributed by atoms with Crippen molar-refractivity contribution in [1.29, 1.82) is 0 Å². The number of cyclic esters (lactones) is 1. The normalized spacial score (nSPS) is 23.7. The van der Waals surface area contributed by atoms with Crippen molar-refractivity contribution in [3.8, 4) is 0 Å². The minimum absolute atomic E-state index is 0.104. The Hall–Kier alpha value is -1.35. The molecular formula is C14H18O3. The van der Waals surface area contributed by atoms with Gasteiger partial charge < -0.3 is 9.47 Å². The number of carbonyl (C=O) groups is 1. The van der Waals surface area contributed by atoms with Gasteiger partial charge in [0.1, 0.15) is 0 Å². The highest BCUT2D eigenvalue weighted by molar-refractivity contribution is 5.78. The fourth-order valence-corrected chi connectivity index (χ4v) is 2.09. The van der Waals surface area contributed by atoms with Gasteiger partial charge in [0, 0.05) is 0 Å². The van der Waals surface area contributed by atoms with Gasteiger partial charge in [0.15, 0.2) is 0 Å². The molecule has 17 heavy (non-hydrogen) atoms. The smallest absolute Gasteiger partial charge is 0.314 e.